The molecular formula is C7H4ClN5S. The van der Waals surface area contributed by atoms with E-state index < -0.39 is 0 Å². The molecule has 5 nitrogen and oxygen atoms in total. The molecule has 0 unspecified atom stereocenters. The molecule has 0 saturated heterocycles. The first-order valence-corrected chi connectivity index (χ1v) is 4.89. The van der Waals surface area contributed by atoms with E-state index in [4.69, 9.17) is 17.1 Å². The summed E-state index contributed by atoms with van der Waals surface area (Å²) in [6, 6.07) is 1.90. The summed E-state index contributed by atoms with van der Waals surface area (Å²) in [5.41, 5.74) is 8.23. The summed E-state index contributed by atoms with van der Waals surface area (Å²) in [7, 11) is 0. The van der Waals surface area contributed by atoms with Crippen LogP contribution in [-0.4, -0.2) is 9.97 Å². The zero-order valence-corrected chi connectivity index (χ0v) is 8.67. The Morgan fingerprint density at radius 2 is 2.36 bits per heavy atom. The van der Waals surface area contributed by atoms with Crippen LogP contribution in [0.4, 0.5) is 5.95 Å². The Labute approximate surface area is 88.0 Å². The van der Waals surface area contributed by atoms with Crippen LogP contribution in [0.25, 0.3) is 20.7 Å². The molecule has 0 fully saturated rings. The van der Waals surface area contributed by atoms with Crippen LogP contribution in [0.1, 0.15) is 4.88 Å². The van der Waals surface area contributed by atoms with E-state index in [-0.39, 0.29) is 5.95 Å². The average Bonchev–Trinajstić information content (AvgIpc) is 2.47. The van der Waals surface area contributed by atoms with E-state index in [1.165, 1.54) is 11.3 Å². The smallest absolute Gasteiger partial charge is 0.216 e. The SMILES string of the molecule is Cc1cc2c(Cl)nc(N=[N+]=[N-])nc2s1. The maximum absolute atomic E-state index is 8.23. The lowest BCUT2D eigenvalue weighted by Crippen LogP contribution is -1.80. The van der Waals surface area contributed by atoms with E-state index in [0.29, 0.717) is 5.15 Å². The molecule has 0 bridgehead atoms. The average molecular weight is 226 g/mol. The van der Waals surface area contributed by atoms with Gasteiger partial charge < -0.3 is 0 Å². The fraction of sp³-hybridized carbons (Fsp3) is 0.143. The number of azide groups is 1. The van der Waals surface area contributed by atoms with Crippen LogP contribution < -0.4 is 0 Å². The molecule has 70 valence electrons. The quantitative estimate of drug-likeness (QED) is 0.322. The van der Waals surface area contributed by atoms with E-state index in [1.54, 1.807) is 0 Å². The van der Waals surface area contributed by atoms with Gasteiger partial charge in [0.15, 0.2) is 0 Å². The summed E-state index contributed by atoms with van der Waals surface area (Å²) in [6.07, 6.45) is 0. The highest BCUT2D eigenvalue weighted by Crippen LogP contribution is 2.29. The molecule has 0 aliphatic carbocycles. The minimum Gasteiger partial charge on any atom is -0.216 e. The van der Waals surface area contributed by atoms with E-state index in [9.17, 15) is 0 Å². The molecule has 2 heterocycles. The predicted molar refractivity (Wildman–Crippen MR) is 56.0 cm³/mol. The molecule has 2 aromatic heterocycles. The first-order valence-electron chi connectivity index (χ1n) is 3.69. The van der Waals surface area contributed by atoms with Crippen LogP contribution in [0.5, 0.6) is 0 Å². The fourth-order valence-electron chi connectivity index (χ4n) is 1.08. The summed E-state index contributed by atoms with van der Waals surface area (Å²) in [5, 5.41) is 4.43. The second-order valence-corrected chi connectivity index (χ2v) is 4.17. The number of hydrogen-bond acceptors (Lipinski definition) is 4. The van der Waals surface area contributed by atoms with Crippen LogP contribution in [0.3, 0.4) is 0 Å². The highest BCUT2D eigenvalue weighted by atomic mass is 35.5. The van der Waals surface area contributed by atoms with Crippen molar-refractivity contribution in [2.24, 2.45) is 5.11 Å². The molecule has 14 heavy (non-hydrogen) atoms. The molecule has 0 amide bonds. The molecule has 7 heteroatoms. The number of halogens is 1. The standard InChI is InChI=1S/C7H4ClN5S/c1-3-2-4-5(8)10-7(12-13-9)11-6(4)14-3/h2H,1H3. The Morgan fingerprint density at radius 3 is 3.07 bits per heavy atom. The molecule has 0 aliphatic heterocycles. The van der Waals surface area contributed by atoms with Gasteiger partial charge in [-0.15, -0.1) is 11.3 Å². The van der Waals surface area contributed by atoms with Crippen molar-refractivity contribution in [3.05, 3.63) is 26.5 Å². The largest absolute Gasteiger partial charge is 0.219 e. The lowest BCUT2D eigenvalue weighted by molar-refractivity contribution is 1.17. The van der Waals surface area contributed by atoms with Crippen molar-refractivity contribution < 1.29 is 0 Å². The Bertz CT molecular complexity index is 542. The van der Waals surface area contributed by atoms with E-state index in [2.05, 4.69) is 20.0 Å². The predicted octanol–water partition coefficient (Wildman–Crippen LogP) is 3.59. The molecule has 2 rings (SSSR count). The van der Waals surface area contributed by atoms with Crippen molar-refractivity contribution >= 4 is 39.1 Å². The van der Waals surface area contributed by atoms with E-state index in [0.717, 1.165) is 15.1 Å². The first-order chi connectivity index (χ1) is 6.70. The third-order valence-electron chi connectivity index (χ3n) is 1.59. The van der Waals surface area contributed by atoms with Crippen molar-refractivity contribution in [1.82, 2.24) is 9.97 Å². The number of fused-ring (bicyclic) bond motifs is 1. The molecule has 0 atom stereocenters. The molecule has 0 saturated carbocycles. The van der Waals surface area contributed by atoms with Gasteiger partial charge in [0.1, 0.15) is 9.98 Å². The third kappa shape index (κ3) is 1.50. The molecule has 0 aliphatic rings. The first kappa shape index (κ1) is 9.21. The summed E-state index contributed by atoms with van der Waals surface area (Å²) in [6.45, 7) is 1.95. The van der Waals surface area contributed by atoms with Crippen molar-refractivity contribution in [2.45, 2.75) is 6.92 Å². The highest BCUT2D eigenvalue weighted by Gasteiger charge is 2.07. The van der Waals surface area contributed by atoms with Gasteiger partial charge in [-0.25, -0.2) is 9.97 Å². The Balaban J connectivity index is 2.77. The van der Waals surface area contributed by atoms with Gasteiger partial charge in [-0.2, -0.15) is 0 Å². The molecule has 2 aromatic rings. The Morgan fingerprint density at radius 1 is 1.57 bits per heavy atom. The summed E-state index contributed by atoms with van der Waals surface area (Å²) >= 11 is 7.37. The van der Waals surface area contributed by atoms with Gasteiger partial charge >= 0.3 is 0 Å². The lowest BCUT2D eigenvalue weighted by Gasteiger charge is -1.93. The van der Waals surface area contributed by atoms with Gasteiger partial charge in [-0.05, 0) is 23.6 Å². The third-order valence-corrected chi connectivity index (χ3v) is 2.82. The number of rotatable bonds is 1. The minimum atomic E-state index is 0.0619. The van der Waals surface area contributed by atoms with Crippen LogP contribution in [0.2, 0.25) is 5.15 Å². The monoisotopic (exact) mass is 225 g/mol. The Kier molecular flexibility index (Phi) is 2.25. The number of aryl methyl sites for hydroxylation is 1. The van der Waals surface area contributed by atoms with Crippen LogP contribution in [0.15, 0.2) is 11.2 Å². The number of hydrogen-bond donors (Lipinski definition) is 0. The van der Waals surface area contributed by atoms with Crippen molar-refractivity contribution in [3.8, 4) is 0 Å². The maximum Gasteiger partial charge on any atom is 0.219 e. The number of thiophene rings is 1. The van der Waals surface area contributed by atoms with Gasteiger partial charge in [0.05, 0.1) is 0 Å². The van der Waals surface area contributed by atoms with Crippen LogP contribution in [-0.2, 0) is 0 Å². The lowest BCUT2D eigenvalue weighted by atomic mass is 10.4. The molecule has 0 radical (unpaired) electrons. The highest BCUT2D eigenvalue weighted by molar-refractivity contribution is 7.18. The van der Waals surface area contributed by atoms with Gasteiger partial charge in [0.25, 0.3) is 0 Å². The molecule has 0 spiro atoms. The van der Waals surface area contributed by atoms with Crippen molar-refractivity contribution in [3.63, 3.8) is 0 Å². The van der Waals surface area contributed by atoms with E-state index >= 15 is 0 Å². The normalized spacial score (nSPS) is 10.1. The zero-order chi connectivity index (χ0) is 10.1. The summed E-state index contributed by atoms with van der Waals surface area (Å²) < 4.78 is 0. The van der Waals surface area contributed by atoms with Crippen molar-refractivity contribution in [1.29, 1.82) is 0 Å². The van der Waals surface area contributed by atoms with Crippen molar-refractivity contribution in [2.75, 3.05) is 0 Å². The van der Waals surface area contributed by atoms with Gasteiger partial charge in [0.2, 0.25) is 5.95 Å². The van der Waals surface area contributed by atoms with Crippen LogP contribution in [0, 0.1) is 6.92 Å². The maximum atomic E-state index is 8.23. The zero-order valence-electron chi connectivity index (χ0n) is 7.10. The second kappa shape index (κ2) is 3.42. The van der Waals surface area contributed by atoms with Gasteiger partial charge in [0, 0.05) is 15.2 Å². The van der Waals surface area contributed by atoms with Crippen LogP contribution >= 0.6 is 22.9 Å². The van der Waals surface area contributed by atoms with Gasteiger partial charge in [-0.1, -0.05) is 11.6 Å². The number of aromatic nitrogens is 2. The molecule has 0 aromatic carbocycles. The summed E-state index contributed by atoms with van der Waals surface area (Å²) in [5.74, 6) is 0.0619. The summed E-state index contributed by atoms with van der Waals surface area (Å²) in [4.78, 5) is 12.3. The Hall–Kier alpha value is -1.36. The molecule has 0 N–H and O–H groups in total. The van der Waals surface area contributed by atoms with E-state index in [1.807, 2.05) is 13.0 Å². The second-order valence-electron chi connectivity index (χ2n) is 2.58. The van der Waals surface area contributed by atoms with Gasteiger partial charge in [-0.3, -0.25) is 0 Å². The minimum absolute atomic E-state index is 0.0619. The number of nitrogens with zero attached hydrogens (tertiary/aromatic N) is 5. The topological polar surface area (TPSA) is 74.5 Å². The fourth-order valence-corrected chi connectivity index (χ4v) is 2.23. The molecular weight excluding hydrogens is 222 g/mol.